The molecule has 1 fully saturated rings. The van der Waals surface area contributed by atoms with E-state index in [4.69, 9.17) is 10.5 Å². The Labute approximate surface area is 238 Å². The summed E-state index contributed by atoms with van der Waals surface area (Å²) in [5.74, 6) is 1.46. The number of benzene rings is 2. The summed E-state index contributed by atoms with van der Waals surface area (Å²) in [6, 6.07) is 16.8. The number of amides is 2. The van der Waals surface area contributed by atoms with Gasteiger partial charge in [0.1, 0.15) is 23.5 Å². The predicted molar refractivity (Wildman–Crippen MR) is 159 cm³/mol. The second kappa shape index (κ2) is 12.2. The molecular formula is C30H34N8O3. The number of para-hydroxylation sites is 1. The smallest absolute Gasteiger partial charge is 0.408 e. The van der Waals surface area contributed by atoms with Crippen LogP contribution in [0.2, 0.25) is 0 Å². The van der Waals surface area contributed by atoms with Crippen LogP contribution >= 0.6 is 0 Å². The first kappa shape index (κ1) is 27.8. The molecule has 3 heterocycles. The molecule has 11 heteroatoms. The van der Waals surface area contributed by atoms with Crippen LogP contribution in [0.4, 0.5) is 22.1 Å². The lowest BCUT2D eigenvalue weighted by molar-refractivity contribution is 0.102. The van der Waals surface area contributed by atoms with Gasteiger partial charge in [0.15, 0.2) is 5.75 Å². The first-order chi connectivity index (χ1) is 19.8. The number of aromatic nitrogens is 3. The van der Waals surface area contributed by atoms with Crippen LogP contribution in [0.5, 0.6) is 5.75 Å². The fourth-order valence-corrected chi connectivity index (χ4v) is 5.16. The number of likely N-dealkylation sites (N-methyl/N-ethyl adjacent to an activating group) is 1. The molecule has 1 aliphatic rings. The molecule has 0 radical (unpaired) electrons. The number of hydrogen-bond donors (Lipinski definition) is 3. The molecule has 2 amide bonds. The Kier molecular flexibility index (Phi) is 8.25. The van der Waals surface area contributed by atoms with Gasteiger partial charge in [-0.15, -0.1) is 0 Å². The molecule has 0 aliphatic carbocycles. The zero-order valence-electron chi connectivity index (χ0n) is 23.4. The van der Waals surface area contributed by atoms with E-state index in [-0.39, 0.29) is 17.7 Å². The molecule has 11 nitrogen and oxygen atoms in total. The molecule has 2 aromatic carbocycles. The van der Waals surface area contributed by atoms with Gasteiger partial charge in [-0.2, -0.15) is 0 Å². The molecular weight excluding hydrogens is 520 g/mol. The lowest BCUT2D eigenvalue weighted by Crippen LogP contribution is -2.27. The summed E-state index contributed by atoms with van der Waals surface area (Å²) in [7, 11) is 3.97. The number of ether oxygens (including phenoxy) is 1. The monoisotopic (exact) mass is 554 g/mol. The van der Waals surface area contributed by atoms with Crippen molar-refractivity contribution in [2.75, 3.05) is 42.7 Å². The first-order valence-electron chi connectivity index (χ1n) is 13.5. The molecule has 0 spiro atoms. The van der Waals surface area contributed by atoms with E-state index in [1.165, 1.54) is 6.33 Å². The Balaban J connectivity index is 1.38. The average Bonchev–Trinajstić information content (AvgIpc) is 3.38. The number of nitrogens with zero attached hydrogens (tertiary/aromatic N) is 5. The first-order valence-corrected chi connectivity index (χ1v) is 13.5. The summed E-state index contributed by atoms with van der Waals surface area (Å²) in [5.41, 5.74) is 7.89. The molecule has 4 N–H and O–H groups in total. The molecule has 1 aliphatic heterocycles. The Morgan fingerprint density at radius 3 is 2.71 bits per heavy atom. The van der Waals surface area contributed by atoms with Crippen molar-refractivity contribution in [1.29, 1.82) is 0 Å². The standard InChI is InChI=1S/C30H34N8O3/c1-19-7-6-14-38(19)26-16-21(12-13-32-26)29(39)35-22-9-4-8-20(15-22)24(17-37(2)3)36-28-23-10-5-11-25(41-30(31)40)27(23)33-18-34-28/h4-5,8-13,15-16,18-19,24H,6-7,14,17H2,1-3H3,(H2,31,40)(H,35,39)(H,33,34,36). The van der Waals surface area contributed by atoms with Gasteiger partial charge < -0.3 is 30.9 Å². The predicted octanol–water partition coefficient (Wildman–Crippen LogP) is 4.44. The lowest BCUT2D eigenvalue weighted by atomic mass is 10.0. The highest BCUT2D eigenvalue weighted by Crippen LogP contribution is 2.31. The van der Waals surface area contributed by atoms with E-state index in [0.29, 0.717) is 40.6 Å². The Morgan fingerprint density at radius 2 is 1.95 bits per heavy atom. The topological polar surface area (TPSA) is 139 Å². The van der Waals surface area contributed by atoms with Gasteiger partial charge in [0, 0.05) is 42.0 Å². The van der Waals surface area contributed by atoms with E-state index in [0.717, 1.165) is 30.8 Å². The maximum Gasteiger partial charge on any atom is 0.410 e. The number of fused-ring (bicyclic) bond motifs is 1. The molecule has 2 atom stereocenters. The van der Waals surface area contributed by atoms with Gasteiger partial charge in [-0.1, -0.05) is 18.2 Å². The second-order valence-electron chi connectivity index (χ2n) is 10.4. The summed E-state index contributed by atoms with van der Waals surface area (Å²) in [4.78, 5) is 42.2. The zero-order chi connectivity index (χ0) is 28.9. The van der Waals surface area contributed by atoms with Gasteiger partial charge in [-0.25, -0.2) is 19.7 Å². The summed E-state index contributed by atoms with van der Waals surface area (Å²) in [5, 5.41) is 7.24. The number of carbonyl (C=O) groups excluding carboxylic acids is 2. The van der Waals surface area contributed by atoms with E-state index < -0.39 is 6.09 Å². The molecule has 0 saturated carbocycles. The van der Waals surface area contributed by atoms with Gasteiger partial charge in [-0.05, 0) is 75.8 Å². The number of nitrogens with one attached hydrogen (secondary N) is 2. The lowest BCUT2D eigenvalue weighted by Gasteiger charge is -2.24. The van der Waals surface area contributed by atoms with Crippen molar-refractivity contribution < 1.29 is 14.3 Å². The molecule has 4 aromatic rings. The van der Waals surface area contributed by atoms with Crippen molar-refractivity contribution >= 4 is 40.2 Å². The molecule has 1 saturated heterocycles. The largest absolute Gasteiger partial charge is 0.410 e. The third-order valence-electron chi connectivity index (χ3n) is 7.10. The highest BCUT2D eigenvalue weighted by molar-refractivity contribution is 6.04. The van der Waals surface area contributed by atoms with E-state index >= 15 is 0 Å². The van der Waals surface area contributed by atoms with Gasteiger partial charge in [0.25, 0.3) is 5.91 Å². The maximum absolute atomic E-state index is 13.2. The van der Waals surface area contributed by atoms with Crippen molar-refractivity contribution in [1.82, 2.24) is 19.9 Å². The number of primary amides is 1. The number of rotatable bonds is 9. The summed E-state index contributed by atoms with van der Waals surface area (Å²) < 4.78 is 5.13. The minimum absolute atomic E-state index is 0.190. The maximum atomic E-state index is 13.2. The fraction of sp³-hybridized carbons (Fsp3) is 0.300. The van der Waals surface area contributed by atoms with Crippen LogP contribution in [0, 0.1) is 0 Å². The van der Waals surface area contributed by atoms with Crippen LogP contribution in [-0.4, -0.2) is 65.1 Å². The van der Waals surface area contributed by atoms with E-state index in [1.54, 1.807) is 24.4 Å². The van der Waals surface area contributed by atoms with Crippen molar-refractivity contribution in [2.45, 2.75) is 31.8 Å². The van der Waals surface area contributed by atoms with Crippen molar-refractivity contribution in [2.24, 2.45) is 5.73 Å². The molecule has 41 heavy (non-hydrogen) atoms. The SMILES string of the molecule is CC1CCCN1c1cc(C(=O)Nc2cccc(C(CN(C)C)Nc3ncnc4c(OC(N)=O)cccc34)c2)ccn1. The van der Waals surface area contributed by atoms with Gasteiger partial charge in [-0.3, -0.25) is 4.79 Å². The normalized spacial score (nSPS) is 15.6. The fourth-order valence-electron chi connectivity index (χ4n) is 5.16. The highest BCUT2D eigenvalue weighted by Gasteiger charge is 2.22. The van der Waals surface area contributed by atoms with Crippen LogP contribution < -0.4 is 26.0 Å². The number of carbonyl (C=O) groups is 2. The Morgan fingerprint density at radius 1 is 1.12 bits per heavy atom. The molecule has 5 rings (SSSR count). The zero-order valence-corrected chi connectivity index (χ0v) is 23.4. The minimum Gasteiger partial charge on any atom is -0.408 e. The van der Waals surface area contributed by atoms with Crippen LogP contribution in [0.3, 0.4) is 0 Å². The van der Waals surface area contributed by atoms with E-state index in [2.05, 4.69) is 42.3 Å². The summed E-state index contributed by atoms with van der Waals surface area (Å²) >= 11 is 0. The van der Waals surface area contributed by atoms with Gasteiger partial charge in [0.2, 0.25) is 0 Å². The minimum atomic E-state index is -0.913. The van der Waals surface area contributed by atoms with Crippen LogP contribution in [0.25, 0.3) is 10.9 Å². The quantitative estimate of drug-likeness (QED) is 0.274. The van der Waals surface area contributed by atoms with Crippen LogP contribution in [0.15, 0.2) is 67.1 Å². The third-order valence-corrected chi connectivity index (χ3v) is 7.10. The second-order valence-corrected chi connectivity index (χ2v) is 10.4. The van der Waals surface area contributed by atoms with E-state index in [1.807, 2.05) is 50.5 Å². The molecule has 212 valence electrons. The number of nitrogens with two attached hydrogens (primary N) is 1. The highest BCUT2D eigenvalue weighted by atomic mass is 16.5. The summed E-state index contributed by atoms with van der Waals surface area (Å²) in [6.45, 7) is 3.77. The number of hydrogen-bond acceptors (Lipinski definition) is 9. The molecule has 0 bridgehead atoms. The van der Waals surface area contributed by atoms with Crippen LogP contribution in [-0.2, 0) is 0 Å². The van der Waals surface area contributed by atoms with Gasteiger partial charge in [0.05, 0.1) is 6.04 Å². The molecule has 2 unspecified atom stereocenters. The number of anilines is 3. The number of pyridine rings is 1. The van der Waals surface area contributed by atoms with Crippen molar-refractivity contribution in [3.8, 4) is 5.75 Å². The summed E-state index contributed by atoms with van der Waals surface area (Å²) in [6.07, 6.45) is 4.44. The van der Waals surface area contributed by atoms with Crippen LogP contribution in [0.1, 0.15) is 41.7 Å². The Bertz CT molecular complexity index is 1560. The molecule has 2 aromatic heterocycles. The van der Waals surface area contributed by atoms with Crippen molar-refractivity contribution in [3.05, 3.63) is 78.2 Å². The average molecular weight is 555 g/mol. The Hall–Kier alpha value is -4.77. The van der Waals surface area contributed by atoms with Crippen molar-refractivity contribution in [3.63, 3.8) is 0 Å². The third kappa shape index (κ3) is 6.52. The van der Waals surface area contributed by atoms with Gasteiger partial charge >= 0.3 is 6.09 Å². The van der Waals surface area contributed by atoms with E-state index in [9.17, 15) is 9.59 Å².